The first-order valence-corrected chi connectivity index (χ1v) is 10.7. The number of fused-ring (bicyclic) bond motifs is 1. The van der Waals surface area contributed by atoms with Gasteiger partial charge in [0.05, 0.1) is 11.3 Å². The van der Waals surface area contributed by atoms with E-state index in [1.54, 1.807) is 24.3 Å². The highest BCUT2D eigenvalue weighted by Crippen LogP contribution is 2.19. The molecule has 31 heavy (non-hydrogen) atoms. The van der Waals surface area contributed by atoms with E-state index in [2.05, 4.69) is 22.9 Å². The van der Waals surface area contributed by atoms with Crippen LogP contribution >= 0.6 is 0 Å². The van der Waals surface area contributed by atoms with Gasteiger partial charge in [-0.05, 0) is 24.5 Å². The van der Waals surface area contributed by atoms with Crippen LogP contribution in [0, 0.1) is 0 Å². The lowest BCUT2D eigenvalue weighted by Crippen LogP contribution is -2.44. The summed E-state index contributed by atoms with van der Waals surface area (Å²) in [5.41, 5.74) is 5.76. The monoisotopic (exact) mass is 420 g/mol. The zero-order valence-electron chi connectivity index (χ0n) is 17.9. The lowest BCUT2D eigenvalue weighted by atomic mass is 9.96. The third-order valence-electron chi connectivity index (χ3n) is 5.28. The number of aryl methyl sites for hydroxylation is 1. The Morgan fingerprint density at radius 1 is 0.935 bits per heavy atom. The molecule has 0 aliphatic heterocycles. The molecule has 0 bridgehead atoms. The van der Waals surface area contributed by atoms with Crippen molar-refractivity contribution in [3.05, 3.63) is 76.2 Å². The van der Waals surface area contributed by atoms with E-state index in [4.69, 9.17) is 0 Å². The van der Waals surface area contributed by atoms with Crippen LogP contribution in [-0.4, -0.2) is 21.6 Å². The van der Waals surface area contributed by atoms with Gasteiger partial charge in [-0.3, -0.25) is 25.2 Å². The van der Waals surface area contributed by atoms with Crippen LogP contribution in [-0.2, 0) is 11.3 Å². The smallest absolute Gasteiger partial charge is 0.273 e. The molecule has 1 aromatic heterocycles. The second kappa shape index (κ2) is 10.5. The molecule has 2 amide bonds. The van der Waals surface area contributed by atoms with Gasteiger partial charge in [0.15, 0.2) is 5.69 Å². The number of carbonyl (C=O) groups is 2. The van der Waals surface area contributed by atoms with Gasteiger partial charge in [0.25, 0.3) is 11.5 Å². The molecule has 0 radical (unpaired) electrons. The minimum atomic E-state index is -0.559. The maximum Gasteiger partial charge on any atom is 0.290 e. The fourth-order valence-corrected chi connectivity index (χ4v) is 3.59. The van der Waals surface area contributed by atoms with Crippen molar-refractivity contribution in [2.24, 2.45) is 0 Å². The molecule has 162 valence electrons. The number of unbranched alkanes of at least 4 members (excludes halogenated alkanes) is 2. The minimum Gasteiger partial charge on any atom is -0.273 e. The molecule has 2 N–H and O–H groups in total. The summed E-state index contributed by atoms with van der Waals surface area (Å²) in [5.74, 6) is -1.24. The maximum atomic E-state index is 12.9. The lowest BCUT2D eigenvalue weighted by Gasteiger charge is -2.16. The van der Waals surface area contributed by atoms with E-state index in [0.717, 1.165) is 24.8 Å². The summed E-state index contributed by atoms with van der Waals surface area (Å²) in [6.07, 6.45) is 3.38. The second-order valence-electron chi connectivity index (χ2n) is 7.44. The van der Waals surface area contributed by atoms with Gasteiger partial charge in [-0.2, -0.15) is 5.10 Å². The van der Waals surface area contributed by atoms with Gasteiger partial charge >= 0.3 is 0 Å². The van der Waals surface area contributed by atoms with Gasteiger partial charge in [0, 0.05) is 11.9 Å². The van der Waals surface area contributed by atoms with Crippen LogP contribution < -0.4 is 16.4 Å². The number of benzene rings is 2. The summed E-state index contributed by atoms with van der Waals surface area (Å²) >= 11 is 0. The summed E-state index contributed by atoms with van der Waals surface area (Å²) in [4.78, 5) is 38.3. The van der Waals surface area contributed by atoms with E-state index in [-0.39, 0.29) is 23.1 Å². The van der Waals surface area contributed by atoms with Crippen LogP contribution in [0.25, 0.3) is 10.8 Å². The highest BCUT2D eigenvalue weighted by molar-refractivity contribution is 6.05. The Hall–Kier alpha value is -3.48. The van der Waals surface area contributed by atoms with Gasteiger partial charge in [-0.25, -0.2) is 4.68 Å². The van der Waals surface area contributed by atoms with Gasteiger partial charge in [0.2, 0.25) is 5.91 Å². The van der Waals surface area contributed by atoms with Crippen LogP contribution in [0.4, 0.5) is 0 Å². The Balaban J connectivity index is 1.82. The first-order valence-electron chi connectivity index (χ1n) is 10.7. The molecule has 0 unspecified atom stereocenters. The van der Waals surface area contributed by atoms with E-state index in [1.165, 1.54) is 4.68 Å². The number of hydrogen-bond donors (Lipinski definition) is 2. The fraction of sp³-hybridized carbons (Fsp3) is 0.333. The lowest BCUT2D eigenvalue weighted by molar-refractivity contribution is -0.123. The number of rotatable bonds is 8. The molecule has 0 saturated heterocycles. The second-order valence-corrected chi connectivity index (χ2v) is 7.44. The first kappa shape index (κ1) is 22.2. The number of aromatic nitrogens is 2. The van der Waals surface area contributed by atoms with Gasteiger partial charge in [0.1, 0.15) is 0 Å². The van der Waals surface area contributed by atoms with Crippen molar-refractivity contribution < 1.29 is 9.59 Å². The molecule has 0 aliphatic carbocycles. The summed E-state index contributed by atoms with van der Waals surface area (Å²) in [5, 5.41) is 5.21. The predicted molar refractivity (Wildman–Crippen MR) is 121 cm³/mol. The molecule has 3 rings (SSSR count). The van der Waals surface area contributed by atoms with Crippen LogP contribution in [0.5, 0.6) is 0 Å². The number of amides is 2. The van der Waals surface area contributed by atoms with Crippen LogP contribution in [0.2, 0.25) is 0 Å². The fourth-order valence-electron chi connectivity index (χ4n) is 3.59. The highest BCUT2D eigenvalue weighted by atomic mass is 16.2. The Bertz CT molecular complexity index is 1110. The molecule has 1 atom stereocenters. The average molecular weight is 421 g/mol. The van der Waals surface area contributed by atoms with E-state index < -0.39 is 5.91 Å². The topological polar surface area (TPSA) is 93.1 Å². The Morgan fingerprint density at radius 2 is 1.61 bits per heavy atom. The SMILES string of the molecule is CCCCCn1nc(C(=O)NNC(=O)[C@@H](CC)c2ccccc2)c2ccccc2c1=O. The number of hydrazine groups is 1. The zero-order chi connectivity index (χ0) is 22.2. The van der Waals surface area contributed by atoms with Crippen molar-refractivity contribution in [2.75, 3.05) is 0 Å². The number of nitrogens with zero attached hydrogens (tertiary/aromatic N) is 2. The Morgan fingerprint density at radius 3 is 2.29 bits per heavy atom. The average Bonchev–Trinajstić information content (AvgIpc) is 2.80. The van der Waals surface area contributed by atoms with E-state index in [9.17, 15) is 14.4 Å². The summed E-state index contributed by atoms with van der Waals surface area (Å²) in [6, 6.07) is 16.3. The van der Waals surface area contributed by atoms with Crippen LogP contribution in [0.3, 0.4) is 0 Å². The minimum absolute atomic E-state index is 0.111. The molecule has 7 heteroatoms. The van der Waals surface area contributed by atoms with Crippen LogP contribution in [0.15, 0.2) is 59.4 Å². The molecule has 7 nitrogen and oxygen atoms in total. The van der Waals surface area contributed by atoms with E-state index >= 15 is 0 Å². The molecule has 1 heterocycles. The van der Waals surface area contributed by atoms with Crippen molar-refractivity contribution in [2.45, 2.75) is 52.0 Å². The van der Waals surface area contributed by atoms with Gasteiger partial charge in [-0.1, -0.05) is 75.2 Å². The molecular formula is C24H28N4O3. The number of carbonyl (C=O) groups excluding carboxylic acids is 2. The normalized spacial score (nSPS) is 11.8. The largest absolute Gasteiger partial charge is 0.290 e. The van der Waals surface area contributed by atoms with E-state index in [0.29, 0.717) is 23.7 Å². The number of hydrogen-bond acceptors (Lipinski definition) is 4. The van der Waals surface area contributed by atoms with Crippen molar-refractivity contribution in [3.63, 3.8) is 0 Å². The zero-order valence-corrected chi connectivity index (χ0v) is 17.9. The molecule has 0 spiro atoms. The Labute approximate surface area is 181 Å². The quantitative estimate of drug-likeness (QED) is 0.431. The molecule has 0 saturated carbocycles. The van der Waals surface area contributed by atoms with Gasteiger partial charge in [-0.15, -0.1) is 0 Å². The predicted octanol–water partition coefficient (Wildman–Crippen LogP) is 3.54. The third kappa shape index (κ3) is 5.17. The standard InChI is InChI=1S/C24H28N4O3/c1-3-5-11-16-28-24(31)20-15-10-9-14-19(20)21(27-28)23(30)26-25-22(29)18(4-2)17-12-7-6-8-13-17/h6-10,12-15,18H,3-5,11,16H2,1-2H3,(H,25,29)(H,26,30)/t18-/m0/s1. The highest BCUT2D eigenvalue weighted by Gasteiger charge is 2.21. The number of nitrogens with one attached hydrogen (secondary N) is 2. The van der Waals surface area contributed by atoms with Crippen molar-refractivity contribution in [1.29, 1.82) is 0 Å². The first-order chi connectivity index (χ1) is 15.1. The van der Waals surface area contributed by atoms with Crippen LogP contribution in [0.1, 0.15) is 61.5 Å². The van der Waals surface area contributed by atoms with E-state index in [1.807, 2.05) is 37.3 Å². The van der Waals surface area contributed by atoms with Crippen molar-refractivity contribution >= 4 is 22.6 Å². The maximum absolute atomic E-state index is 12.9. The summed E-state index contributed by atoms with van der Waals surface area (Å²) in [6.45, 7) is 4.44. The molecule has 3 aromatic rings. The molecule has 0 fully saturated rings. The van der Waals surface area contributed by atoms with Crippen molar-refractivity contribution in [3.8, 4) is 0 Å². The molecular weight excluding hydrogens is 392 g/mol. The van der Waals surface area contributed by atoms with Gasteiger partial charge < -0.3 is 0 Å². The van der Waals surface area contributed by atoms with Crippen molar-refractivity contribution in [1.82, 2.24) is 20.6 Å². The third-order valence-corrected chi connectivity index (χ3v) is 5.28. The summed E-state index contributed by atoms with van der Waals surface area (Å²) in [7, 11) is 0. The summed E-state index contributed by atoms with van der Waals surface area (Å²) < 4.78 is 1.34. The molecule has 2 aromatic carbocycles. The molecule has 0 aliphatic rings. The Kier molecular flexibility index (Phi) is 7.54.